The Hall–Kier alpha value is -2.81. The van der Waals surface area contributed by atoms with Crippen LogP contribution in [0.3, 0.4) is 0 Å². The maximum absolute atomic E-state index is 11.5. The largest absolute Gasteiger partial charge is 0.497 e. The number of aromatic nitrogens is 3. The first kappa shape index (κ1) is 21.7. The van der Waals surface area contributed by atoms with E-state index in [2.05, 4.69) is 65.7 Å². The number of imidazole rings is 1. The van der Waals surface area contributed by atoms with Gasteiger partial charge in [-0.1, -0.05) is 50.1 Å². The Labute approximate surface area is 217 Å². The zero-order valence-corrected chi connectivity index (χ0v) is 22.0. The number of ether oxygens (including phenoxy) is 1. The SMILES string of the molecule is COc1ccc(C2c3[nH]c4ccc(Br)cc4c3Cc3c(O)n(-c4cccc(Br)c4)c(=S)n32)cc1. The van der Waals surface area contributed by atoms with Gasteiger partial charge in [0.15, 0.2) is 4.77 Å². The van der Waals surface area contributed by atoms with Crippen LogP contribution in [0.25, 0.3) is 16.6 Å². The van der Waals surface area contributed by atoms with E-state index in [1.165, 1.54) is 0 Å². The van der Waals surface area contributed by atoms with Gasteiger partial charge in [-0.25, -0.2) is 0 Å². The van der Waals surface area contributed by atoms with Gasteiger partial charge in [0.05, 0.1) is 18.5 Å². The molecule has 6 rings (SSSR count). The second-order valence-corrected chi connectivity index (χ2v) is 10.5. The highest BCUT2D eigenvalue weighted by Gasteiger charge is 2.34. The molecule has 1 atom stereocenters. The topological polar surface area (TPSA) is 55.1 Å². The molecule has 0 saturated heterocycles. The van der Waals surface area contributed by atoms with Crippen LogP contribution >= 0.6 is 44.1 Å². The number of hydrogen-bond donors (Lipinski definition) is 2. The smallest absolute Gasteiger partial charge is 0.218 e. The molecule has 2 N–H and O–H groups in total. The summed E-state index contributed by atoms with van der Waals surface area (Å²) in [7, 11) is 1.66. The summed E-state index contributed by atoms with van der Waals surface area (Å²) >= 11 is 13.1. The number of aromatic hydroxyl groups is 1. The van der Waals surface area contributed by atoms with Crippen LogP contribution in [-0.4, -0.2) is 26.3 Å². The van der Waals surface area contributed by atoms with Gasteiger partial charge >= 0.3 is 0 Å². The van der Waals surface area contributed by atoms with Crippen molar-refractivity contribution in [1.29, 1.82) is 0 Å². The lowest BCUT2D eigenvalue weighted by Gasteiger charge is -2.26. The molecule has 2 aromatic heterocycles. The van der Waals surface area contributed by atoms with Crippen LogP contribution in [0.4, 0.5) is 0 Å². The van der Waals surface area contributed by atoms with Gasteiger partial charge in [0.25, 0.3) is 0 Å². The van der Waals surface area contributed by atoms with E-state index in [9.17, 15) is 5.11 Å². The van der Waals surface area contributed by atoms with Crippen molar-refractivity contribution < 1.29 is 9.84 Å². The molecule has 3 aromatic carbocycles. The van der Waals surface area contributed by atoms with Crippen LogP contribution < -0.4 is 4.74 Å². The first-order chi connectivity index (χ1) is 16.5. The number of nitrogens with zero attached hydrogens (tertiary/aromatic N) is 2. The Balaban J connectivity index is 1.65. The summed E-state index contributed by atoms with van der Waals surface area (Å²) in [6.07, 6.45) is 0.564. The van der Waals surface area contributed by atoms with Crippen LogP contribution in [0.1, 0.15) is 28.6 Å². The first-order valence-electron chi connectivity index (χ1n) is 10.7. The van der Waals surface area contributed by atoms with E-state index in [4.69, 9.17) is 17.0 Å². The molecule has 34 heavy (non-hydrogen) atoms. The number of rotatable bonds is 3. The van der Waals surface area contributed by atoms with E-state index in [-0.39, 0.29) is 11.9 Å². The number of halogens is 2. The molecule has 0 saturated carbocycles. The van der Waals surface area contributed by atoms with Gasteiger partial charge in [-0.05, 0) is 71.9 Å². The Bertz CT molecular complexity index is 1630. The van der Waals surface area contributed by atoms with Crippen molar-refractivity contribution >= 4 is 55.0 Å². The van der Waals surface area contributed by atoms with E-state index in [0.717, 1.165) is 53.8 Å². The molecule has 0 amide bonds. The molecule has 170 valence electrons. The van der Waals surface area contributed by atoms with E-state index in [0.29, 0.717) is 11.2 Å². The molecule has 5 nitrogen and oxygen atoms in total. The molecule has 5 aromatic rings. The van der Waals surface area contributed by atoms with Gasteiger partial charge in [0.1, 0.15) is 11.8 Å². The fourth-order valence-electron chi connectivity index (χ4n) is 4.89. The van der Waals surface area contributed by atoms with Crippen molar-refractivity contribution in [1.82, 2.24) is 14.1 Å². The number of hydrogen-bond acceptors (Lipinski definition) is 3. The van der Waals surface area contributed by atoms with Crippen LogP contribution in [0, 0.1) is 4.77 Å². The Kier molecular flexibility index (Phi) is 5.20. The van der Waals surface area contributed by atoms with Crippen molar-refractivity contribution in [2.45, 2.75) is 12.5 Å². The molecule has 1 aliphatic heterocycles. The summed E-state index contributed by atoms with van der Waals surface area (Å²) in [6, 6.07) is 21.8. The molecule has 3 heterocycles. The number of methoxy groups -OCH3 is 1. The zero-order chi connectivity index (χ0) is 23.6. The molecule has 1 unspecified atom stereocenters. The molecule has 0 bridgehead atoms. The highest BCUT2D eigenvalue weighted by Crippen LogP contribution is 2.44. The van der Waals surface area contributed by atoms with Gasteiger partial charge in [0.2, 0.25) is 5.88 Å². The lowest BCUT2D eigenvalue weighted by Crippen LogP contribution is -2.21. The minimum absolute atomic E-state index is 0.164. The van der Waals surface area contributed by atoms with E-state index >= 15 is 0 Å². The van der Waals surface area contributed by atoms with Crippen molar-refractivity contribution in [2.75, 3.05) is 7.11 Å². The molecule has 8 heteroatoms. The average Bonchev–Trinajstić information content (AvgIpc) is 3.32. The third kappa shape index (κ3) is 3.27. The average molecular weight is 597 g/mol. The Morgan fingerprint density at radius 1 is 1.03 bits per heavy atom. The summed E-state index contributed by atoms with van der Waals surface area (Å²) in [4.78, 5) is 3.65. The van der Waals surface area contributed by atoms with Crippen LogP contribution in [0.5, 0.6) is 11.6 Å². The van der Waals surface area contributed by atoms with Gasteiger partial charge in [-0.15, -0.1) is 0 Å². The number of H-pyrrole nitrogens is 1. The summed E-state index contributed by atoms with van der Waals surface area (Å²) in [5.74, 6) is 0.954. The van der Waals surface area contributed by atoms with Gasteiger partial charge in [-0.3, -0.25) is 4.57 Å². The van der Waals surface area contributed by atoms with Crippen molar-refractivity contribution in [3.05, 3.63) is 103 Å². The van der Waals surface area contributed by atoms with Crippen molar-refractivity contribution in [2.24, 2.45) is 0 Å². The maximum Gasteiger partial charge on any atom is 0.218 e. The fraction of sp³-hybridized carbons (Fsp3) is 0.115. The molecular formula is C26H19Br2N3O2S. The predicted molar refractivity (Wildman–Crippen MR) is 143 cm³/mol. The van der Waals surface area contributed by atoms with Crippen molar-refractivity contribution in [3.8, 4) is 17.3 Å². The maximum atomic E-state index is 11.5. The standard InChI is InChI=1S/C26H19Br2N3O2S/c1-33-18-8-5-14(6-9-18)24-23-20(19-12-16(28)7-10-21(19)29-23)13-22-25(32)30(26(34)31(22)24)17-4-2-3-15(27)11-17/h2-12,24,29,32H,13H2,1H3. The van der Waals surface area contributed by atoms with Crippen molar-refractivity contribution in [3.63, 3.8) is 0 Å². The summed E-state index contributed by atoms with van der Waals surface area (Å²) in [5.41, 5.74) is 5.95. The summed E-state index contributed by atoms with van der Waals surface area (Å²) in [6.45, 7) is 0. The molecule has 0 fully saturated rings. The van der Waals surface area contributed by atoms with Gasteiger partial charge < -0.3 is 19.4 Å². The number of fused-ring (bicyclic) bond motifs is 4. The monoisotopic (exact) mass is 595 g/mol. The molecule has 0 radical (unpaired) electrons. The van der Waals surface area contributed by atoms with Gasteiger partial charge in [-0.2, -0.15) is 0 Å². The Morgan fingerprint density at radius 3 is 2.53 bits per heavy atom. The summed E-state index contributed by atoms with van der Waals surface area (Å²) in [5, 5.41) is 12.6. The lowest BCUT2D eigenvalue weighted by molar-refractivity contribution is 0.414. The van der Waals surface area contributed by atoms with E-state index in [1.54, 1.807) is 11.7 Å². The third-order valence-electron chi connectivity index (χ3n) is 6.43. The number of nitrogens with one attached hydrogen (secondary N) is 1. The van der Waals surface area contributed by atoms with Gasteiger partial charge in [0, 0.05) is 32.0 Å². The normalized spacial score (nSPS) is 14.7. The van der Waals surface area contributed by atoms with Crippen LogP contribution in [0.2, 0.25) is 0 Å². The highest BCUT2D eigenvalue weighted by molar-refractivity contribution is 9.10. The molecule has 0 aliphatic carbocycles. The second-order valence-electron chi connectivity index (χ2n) is 8.30. The van der Waals surface area contributed by atoms with Crippen LogP contribution in [-0.2, 0) is 6.42 Å². The third-order valence-corrected chi connectivity index (χ3v) is 7.80. The molecule has 0 spiro atoms. The predicted octanol–water partition coefficient (Wildman–Crippen LogP) is 7.27. The van der Waals surface area contributed by atoms with E-state index < -0.39 is 0 Å². The number of benzene rings is 3. The highest BCUT2D eigenvalue weighted by atomic mass is 79.9. The summed E-state index contributed by atoms with van der Waals surface area (Å²) < 4.78 is 11.7. The quantitative estimate of drug-likeness (QED) is 0.211. The lowest BCUT2D eigenvalue weighted by atomic mass is 9.93. The first-order valence-corrected chi connectivity index (χ1v) is 12.7. The number of aromatic amines is 1. The second kappa shape index (κ2) is 8.15. The Morgan fingerprint density at radius 2 is 1.79 bits per heavy atom. The minimum Gasteiger partial charge on any atom is -0.497 e. The van der Waals surface area contributed by atoms with E-state index in [1.807, 2.05) is 42.5 Å². The molecule has 1 aliphatic rings. The fourth-order valence-corrected chi connectivity index (χ4v) is 6.05. The molecular weight excluding hydrogens is 578 g/mol. The zero-order valence-electron chi connectivity index (χ0n) is 18.0. The van der Waals surface area contributed by atoms with Crippen LogP contribution in [0.15, 0.2) is 75.7 Å². The minimum atomic E-state index is -0.220.